The molecule has 0 atom stereocenters. The molecule has 1 heterocycles. The zero-order chi connectivity index (χ0) is 25.5. The van der Waals surface area contributed by atoms with Crippen molar-refractivity contribution in [3.63, 3.8) is 0 Å². The molecule has 0 N–H and O–H groups in total. The van der Waals surface area contributed by atoms with Crippen molar-refractivity contribution in [3.8, 4) is 5.75 Å². The van der Waals surface area contributed by atoms with Gasteiger partial charge in [-0.2, -0.15) is 0 Å². The van der Waals surface area contributed by atoms with Crippen LogP contribution in [0.5, 0.6) is 5.75 Å². The first kappa shape index (κ1) is 25.9. The molecular weight excluding hydrogens is 483 g/mol. The van der Waals surface area contributed by atoms with Gasteiger partial charge in [-0.15, -0.1) is 0 Å². The van der Waals surface area contributed by atoms with E-state index in [0.717, 1.165) is 44.6 Å². The highest BCUT2D eigenvalue weighted by atomic mass is 35.5. The Kier molecular flexibility index (Phi) is 8.75. The summed E-state index contributed by atoms with van der Waals surface area (Å²) in [5, 5.41) is 0.0876. The Bertz CT molecular complexity index is 1150. The number of hydrogen-bond donors (Lipinski definition) is 0. The molecule has 0 aliphatic heterocycles. The average molecular weight is 513 g/mol. The molecule has 0 spiro atoms. The highest BCUT2D eigenvalue weighted by Crippen LogP contribution is 2.36. The van der Waals surface area contributed by atoms with Crippen LogP contribution in [-0.2, 0) is 20.9 Å². The van der Waals surface area contributed by atoms with Gasteiger partial charge >= 0.3 is 5.97 Å². The molecule has 1 fully saturated rings. The number of carbonyl (C=O) groups excluding carboxylic acids is 2. The molecule has 0 bridgehead atoms. The first-order valence-corrected chi connectivity index (χ1v) is 12.7. The van der Waals surface area contributed by atoms with Gasteiger partial charge in [-0.05, 0) is 69.1 Å². The van der Waals surface area contributed by atoms with Crippen molar-refractivity contribution in [2.45, 2.75) is 64.0 Å². The van der Waals surface area contributed by atoms with Gasteiger partial charge in [0.15, 0.2) is 0 Å². The number of benzene rings is 1. The van der Waals surface area contributed by atoms with Gasteiger partial charge in [0.25, 0.3) is 5.91 Å². The number of nitrogens with zero attached hydrogens (tertiary/aromatic N) is 2. The van der Waals surface area contributed by atoms with Gasteiger partial charge in [0.2, 0.25) is 0 Å². The van der Waals surface area contributed by atoms with E-state index in [1.807, 2.05) is 0 Å². The van der Waals surface area contributed by atoms with E-state index in [1.54, 1.807) is 30.6 Å². The van der Waals surface area contributed by atoms with Crippen molar-refractivity contribution in [3.05, 3.63) is 76.9 Å². The zero-order valence-electron chi connectivity index (χ0n) is 20.2. The number of anilines is 1. The van der Waals surface area contributed by atoms with E-state index in [-0.39, 0.29) is 35.7 Å². The Balaban J connectivity index is 1.73. The normalized spacial score (nSPS) is 16.1. The first-order valence-electron chi connectivity index (χ1n) is 12.3. The van der Waals surface area contributed by atoms with Gasteiger partial charge < -0.3 is 14.4 Å². The number of aromatic nitrogens is 1. The van der Waals surface area contributed by atoms with Crippen LogP contribution < -0.4 is 9.64 Å². The molecule has 2 aromatic rings. The van der Waals surface area contributed by atoms with E-state index >= 15 is 4.39 Å². The number of carbonyl (C=O) groups is 2. The molecule has 0 saturated heterocycles. The van der Waals surface area contributed by atoms with Crippen molar-refractivity contribution in [2.75, 3.05) is 11.5 Å². The molecule has 0 unspecified atom stereocenters. The molecule has 190 valence electrons. The lowest BCUT2D eigenvalue weighted by Crippen LogP contribution is -2.35. The Morgan fingerprint density at radius 3 is 2.61 bits per heavy atom. The van der Waals surface area contributed by atoms with E-state index in [9.17, 15) is 9.59 Å². The molecule has 0 radical (unpaired) electrons. The number of pyridine rings is 1. The van der Waals surface area contributed by atoms with Gasteiger partial charge in [-0.1, -0.05) is 30.3 Å². The minimum Gasteiger partial charge on any atom is -0.488 e. The second-order valence-electron chi connectivity index (χ2n) is 9.06. The molecule has 8 heteroatoms. The summed E-state index contributed by atoms with van der Waals surface area (Å²) in [4.78, 5) is 32.5. The van der Waals surface area contributed by atoms with E-state index < -0.39 is 17.7 Å². The molecule has 36 heavy (non-hydrogen) atoms. The molecule has 2 aliphatic rings. The third-order valence-electron chi connectivity index (χ3n) is 6.51. The van der Waals surface area contributed by atoms with Crippen molar-refractivity contribution in [1.82, 2.24) is 4.98 Å². The second-order valence-corrected chi connectivity index (χ2v) is 9.47. The molecule has 2 aliphatic carbocycles. The monoisotopic (exact) mass is 512 g/mol. The van der Waals surface area contributed by atoms with Crippen LogP contribution in [-0.4, -0.2) is 29.6 Å². The quantitative estimate of drug-likeness (QED) is 0.290. The standard InChI is InChI=1S/C28H30ClFN2O4/c1-2-14-35-26-16-25(24(30)15-23(26)29)32(18-19-8-7-13-31-17-19)27(33)21-11-5-6-12-22(21)28(34)36-20-9-3-4-10-20/h2,7-8,13,15-17,20H,1,3-6,9-12,14,18H2. The van der Waals surface area contributed by atoms with Crippen LogP contribution in [0.4, 0.5) is 10.1 Å². The Hall–Kier alpha value is -3.19. The fourth-order valence-corrected chi connectivity index (χ4v) is 4.89. The van der Waals surface area contributed by atoms with Gasteiger partial charge in [0, 0.05) is 29.6 Å². The van der Waals surface area contributed by atoms with Crippen molar-refractivity contribution < 1.29 is 23.5 Å². The van der Waals surface area contributed by atoms with Crippen molar-refractivity contribution in [2.24, 2.45) is 0 Å². The maximum absolute atomic E-state index is 15.3. The third kappa shape index (κ3) is 6.13. The summed E-state index contributed by atoms with van der Waals surface area (Å²) >= 11 is 6.19. The number of halogens is 2. The van der Waals surface area contributed by atoms with Crippen LogP contribution >= 0.6 is 11.6 Å². The molecule has 1 saturated carbocycles. The molecule has 6 nitrogen and oxygen atoms in total. The van der Waals surface area contributed by atoms with Crippen LogP contribution in [0.3, 0.4) is 0 Å². The van der Waals surface area contributed by atoms with Crippen molar-refractivity contribution in [1.29, 1.82) is 0 Å². The summed E-state index contributed by atoms with van der Waals surface area (Å²) in [6, 6.07) is 6.10. The maximum Gasteiger partial charge on any atom is 0.334 e. The largest absolute Gasteiger partial charge is 0.488 e. The van der Waals surface area contributed by atoms with E-state index in [0.29, 0.717) is 29.6 Å². The molecule has 1 aromatic carbocycles. The minimum atomic E-state index is -0.672. The van der Waals surface area contributed by atoms with Gasteiger partial charge in [-0.25, -0.2) is 9.18 Å². The summed E-state index contributed by atoms with van der Waals surface area (Å²) in [7, 11) is 0. The summed E-state index contributed by atoms with van der Waals surface area (Å²) in [5.41, 5.74) is 1.48. The lowest BCUT2D eigenvalue weighted by Gasteiger charge is -2.28. The van der Waals surface area contributed by atoms with Crippen LogP contribution in [0.2, 0.25) is 5.02 Å². The number of hydrogen-bond acceptors (Lipinski definition) is 5. The third-order valence-corrected chi connectivity index (χ3v) is 6.80. The lowest BCUT2D eigenvalue weighted by atomic mass is 9.90. The number of ether oxygens (including phenoxy) is 2. The highest BCUT2D eigenvalue weighted by molar-refractivity contribution is 6.32. The SMILES string of the molecule is C=CCOc1cc(N(Cc2cccnc2)C(=O)C2=C(C(=O)OC3CCCC3)CCCC2)c(F)cc1Cl. The van der Waals surface area contributed by atoms with Crippen LogP contribution in [0, 0.1) is 5.82 Å². The van der Waals surface area contributed by atoms with Gasteiger partial charge in [-0.3, -0.25) is 9.78 Å². The fourth-order valence-electron chi connectivity index (χ4n) is 4.68. The summed E-state index contributed by atoms with van der Waals surface area (Å²) in [6.45, 7) is 3.85. The molecule has 1 aromatic heterocycles. The molecule has 4 rings (SSSR count). The Morgan fingerprint density at radius 2 is 1.92 bits per heavy atom. The Labute approximate surface area is 215 Å². The first-order chi connectivity index (χ1) is 17.5. The molecule has 1 amide bonds. The van der Waals surface area contributed by atoms with Crippen LogP contribution in [0.25, 0.3) is 0 Å². The van der Waals surface area contributed by atoms with E-state index in [2.05, 4.69) is 11.6 Å². The minimum absolute atomic E-state index is 0.00824. The maximum atomic E-state index is 15.3. The molecular formula is C28H30ClFN2O4. The topological polar surface area (TPSA) is 68.7 Å². The average Bonchev–Trinajstić information content (AvgIpc) is 3.40. The number of rotatable bonds is 9. The predicted molar refractivity (Wildman–Crippen MR) is 136 cm³/mol. The number of amides is 1. The zero-order valence-corrected chi connectivity index (χ0v) is 20.9. The highest BCUT2D eigenvalue weighted by Gasteiger charge is 2.32. The summed E-state index contributed by atoms with van der Waals surface area (Å²) in [6.07, 6.45) is 10.9. The second kappa shape index (κ2) is 12.2. The fraction of sp³-hybridized carbons (Fsp3) is 0.393. The summed E-state index contributed by atoms with van der Waals surface area (Å²) < 4.78 is 26.6. The van der Waals surface area contributed by atoms with Crippen LogP contribution in [0.15, 0.2) is 60.5 Å². The summed E-state index contributed by atoms with van der Waals surface area (Å²) in [5.74, 6) is -1.31. The predicted octanol–water partition coefficient (Wildman–Crippen LogP) is 6.33. The van der Waals surface area contributed by atoms with E-state index in [1.165, 1.54) is 11.0 Å². The van der Waals surface area contributed by atoms with Crippen molar-refractivity contribution >= 4 is 29.2 Å². The lowest BCUT2D eigenvalue weighted by molar-refractivity contribution is -0.144. The smallest absolute Gasteiger partial charge is 0.334 e. The number of esters is 1. The Morgan fingerprint density at radius 1 is 1.17 bits per heavy atom. The van der Waals surface area contributed by atoms with Crippen LogP contribution in [0.1, 0.15) is 56.9 Å². The van der Waals surface area contributed by atoms with Gasteiger partial charge in [0.05, 0.1) is 17.3 Å². The van der Waals surface area contributed by atoms with E-state index in [4.69, 9.17) is 21.1 Å². The van der Waals surface area contributed by atoms with Gasteiger partial charge in [0.1, 0.15) is 24.3 Å².